The summed E-state index contributed by atoms with van der Waals surface area (Å²) in [6, 6.07) is 7.63. The molecule has 7 nitrogen and oxygen atoms in total. The van der Waals surface area contributed by atoms with Crippen molar-refractivity contribution in [1.29, 1.82) is 0 Å². The Hall–Kier alpha value is -1.33. The molecule has 2 aromatic rings. The van der Waals surface area contributed by atoms with Crippen LogP contribution in [-0.2, 0) is 14.8 Å². The van der Waals surface area contributed by atoms with Crippen LogP contribution in [0, 0.1) is 0 Å². The summed E-state index contributed by atoms with van der Waals surface area (Å²) in [6.07, 6.45) is 0.683. The molecule has 1 aliphatic rings. The average molecular weight is 487 g/mol. The summed E-state index contributed by atoms with van der Waals surface area (Å²) in [5.41, 5.74) is 0.888. The van der Waals surface area contributed by atoms with Crippen molar-refractivity contribution in [2.75, 3.05) is 39.3 Å². The predicted molar refractivity (Wildman–Crippen MR) is 114 cm³/mol. The SMILES string of the molecule is CCNC(=O)CN1CCCN(S(=O)(=O)c2csc(-c3ccc(Br)cc3)n2)CC1. The van der Waals surface area contributed by atoms with Crippen LogP contribution < -0.4 is 5.32 Å². The second-order valence-corrected chi connectivity index (χ2v) is 10.1. The number of nitrogens with zero attached hydrogens (tertiary/aromatic N) is 3. The monoisotopic (exact) mass is 486 g/mol. The number of carbonyl (C=O) groups excluding carboxylic acids is 1. The molecule has 1 aliphatic heterocycles. The Balaban J connectivity index is 1.69. The molecule has 10 heteroatoms. The zero-order valence-electron chi connectivity index (χ0n) is 15.6. The van der Waals surface area contributed by atoms with Gasteiger partial charge in [-0.2, -0.15) is 4.31 Å². The van der Waals surface area contributed by atoms with Crippen molar-refractivity contribution in [2.45, 2.75) is 18.4 Å². The van der Waals surface area contributed by atoms with E-state index in [-0.39, 0.29) is 10.9 Å². The number of halogens is 1. The van der Waals surface area contributed by atoms with Crippen molar-refractivity contribution in [1.82, 2.24) is 19.5 Å². The van der Waals surface area contributed by atoms with Crippen LogP contribution in [-0.4, -0.2) is 67.8 Å². The number of hydrogen-bond donors (Lipinski definition) is 1. The Labute approximate surface area is 177 Å². The highest BCUT2D eigenvalue weighted by Crippen LogP contribution is 2.28. The first-order chi connectivity index (χ1) is 13.4. The fraction of sp³-hybridized carbons (Fsp3) is 0.444. The highest BCUT2D eigenvalue weighted by atomic mass is 79.9. The number of carbonyl (C=O) groups is 1. The molecule has 0 bridgehead atoms. The van der Waals surface area contributed by atoms with Gasteiger partial charge in [0.2, 0.25) is 5.91 Å². The fourth-order valence-corrected chi connectivity index (χ4v) is 5.84. The molecular formula is C18H23BrN4O3S2. The Kier molecular flexibility index (Phi) is 7.21. The van der Waals surface area contributed by atoms with Crippen molar-refractivity contribution in [3.63, 3.8) is 0 Å². The molecule has 3 rings (SSSR count). The van der Waals surface area contributed by atoms with E-state index in [2.05, 4.69) is 26.2 Å². The van der Waals surface area contributed by atoms with E-state index in [9.17, 15) is 13.2 Å². The maximum absolute atomic E-state index is 13.0. The van der Waals surface area contributed by atoms with E-state index in [0.29, 0.717) is 50.7 Å². The number of sulfonamides is 1. The van der Waals surface area contributed by atoms with E-state index < -0.39 is 10.0 Å². The molecule has 28 heavy (non-hydrogen) atoms. The summed E-state index contributed by atoms with van der Waals surface area (Å²) < 4.78 is 28.5. The van der Waals surface area contributed by atoms with E-state index in [0.717, 1.165) is 10.0 Å². The predicted octanol–water partition coefficient (Wildman–Crippen LogP) is 2.41. The van der Waals surface area contributed by atoms with Gasteiger partial charge < -0.3 is 5.32 Å². The van der Waals surface area contributed by atoms with Gasteiger partial charge in [-0.25, -0.2) is 13.4 Å². The molecule has 0 saturated carbocycles. The lowest BCUT2D eigenvalue weighted by Gasteiger charge is -2.20. The minimum absolute atomic E-state index is 0.0301. The third kappa shape index (κ3) is 5.18. The smallest absolute Gasteiger partial charge is 0.261 e. The minimum atomic E-state index is -3.65. The molecule has 1 aromatic carbocycles. The quantitative estimate of drug-likeness (QED) is 0.677. The number of nitrogens with one attached hydrogen (secondary N) is 1. The first-order valence-electron chi connectivity index (χ1n) is 9.11. The lowest BCUT2D eigenvalue weighted by Crippen LogP contribution is -2.40. The highest BCUT2D eigenvalue weighted by molar-refractivity contribution is 9.10. The standard InChI is InChI=1S/C18H23BrN4O3S2/c1-2-20-16(24)12-22-8-3-9-23(11-10-22)28(25,26)17-13-27-18(21-17)14-4-6-15(19)7-5-14/h4-7,13H,2-3,8-12H2,1H3,(H,20,24). The molecule has 1 aromatic heterocycles. The van der Waals surface area contributed by atoms with Gasteiger partial charge in [0.15, 0.2) is 5.03 Å². The Morgan fingerprint density at radius 1 is 1.21 bits per heavy atom. The first-order valence-corrected chi connectivity index (χ1v) is 12.2. The zero-order valence-corrected chi connectivity index (χ0v) is 18.8. The summed E-state index contributed by atoms with van der Waals surface area (Å²) in [5, 5.41) is 5.15. The van der Waals surface area contributed by atoms with Crippen LogP contribution in [0.1, 0.15) is 13.3 Å². The van der Waals surface area contributed by atoms with Gasteiger partial charge in [0, 0.05) is 41.6 Å². The van der Waals surface area contributed by atoms with Crippen molar-refractivity contribution in [3.05, 3.63) is 34.1 Å². The Morgan fingerprint density at radius 2 is 1.96 bits per heavy atom. The van der Waals surface area contributed by atoms with Gasteiger partial charge in [-0.3, -0.25) is 9.69 Å². The van der Waals surface area contributed by atoms with Crippen LogP contribution >= 0.6 is 27.3 Å². The van der Waals surface area contributed by atoms with Crippen LogP contribution in [0.4, 0.5) is 0 Å². The normalized spacial score (nSPS) is 16.6. The van der Waals surface area contributed by atoms with Crippen molar-refractivity contribution in [3.8, 4) is 10.6 Å². The van der Waals surface area contributed by atoms with Crippen molar-refractivity contribution < 1.29 is 13.2 Å². The van der Waals surface area contributed by atoms with Gasteiger partial charge in [-0.05, 0) is 32.0 Å². The van der Waals surface area contributed by atoms with Gasteiger partial charge in [-0.1, -0.05) is 28.1 Å². The molecule has 2 heterocycles. The Morgan fingerprint density at radius 3 is 2.68 bits per heavy atom. The van der Waals surface area contributed by atoms with Gasteiger partial charge in [0.1, 0.15) is 5.01 Å². The molecule has 1 saturated heterocycles. The van der Waals surface area contributed by atoms with Gasteiger partial charge in [0.05, 0.1) is 6.54 Å². The molecule has 152 valence electrons. The zero-order chi connectivity index (χ0) is 20.1. The van der Waals surface area contributed by atoms with Crippen LogP contribution in [0.2, 0.25) is 0 Å². The van der Waals surface area contributed by atoms with Crippen LogP contribution in [0.25, 0.3) is 10.6 Å². The second-order valence-electron chi connectivity index (χ2n) is 6.49. The number of hydrogen-bond acceptors (Lipinski definition) is 6. The molecule has 1 amide bonds. The lowest BCUT2D eigenvalue weighted by molar-refractivity contribution is -0.122. The first kappa shape index (κ1) is 21.4. The molecule has 0 radical (unpaired) electrons. The van der Waals surface area contributed by atoms with Crippen molar-refractivity contribution in [2.24, 2.45) is 0 Å². The van der Waals surface area contributed by atoms with E-state index in [1.165, 1.54) is 15.6 Å². The number of aromatic nitrogens is 1. The number of thiazole rings is 1. The molecule has 0 unspecified atom stereocenters. The van der Waals surface area contributed by atoms with Gasteiger partial charge in [0.25, 0.3) is 10.0 Å². The van der Waals surface area contributed by atoms with Gasteiger partial charge in [-0.15, -0.1) is 11.3 Å². The van der Waals surface area contributed by atoms with E-state index >= 15 is 0 Å². The van der Waals surface area contributed by atoms with E-state index in [1.807, 2.05) is 36.1 Å². The third-order valence-corrected chi connectivity index (χ3v) is 7.82. The largest absolute Gasteiger partial charge is 0.355 e. The summed E-state index contributed by atoms with van der Waals surface area (Å²) in [7, 11) is -3.65. The maximum Gasteiger partial charge on any atom is 0.261 e. The second kappa shape index (κ2) is 9.45. The highest BCUT2D eigenvalue weighted by Gasteiger charge is 2.29. The molecule has 0 spiro atoms. The summed E-state index contributed by atoms with van der Waals surface area (Å²) in [6.45, 7) is 4.78. The number of rotatable bonds is 6. The lowest BCUT2D eigenvalue weighted by atomic mass is 10.2. The van der Waals surface area contributed by atoms with Crippen LogP contribution in [0.15, 0.2) is 39.1 Å². The molecular weight excluding hydrogens is 464 g/mol. The molecule has 0 atom stereocenters. The third-order valence-electron chi connectivity index (χ3n) is 4.47. The number of amides is 1. The number of likely N-dealkylation sites (N-methyl/N-ethyl adjacent to an activating group) is 1. The van der Waals surface area contributed by atoms with E-state index in [4.69, 9.17) is 0 Å². The molecule has 1 fully saturated rings. The minimum Gasteiger partial charge on any atom is -0.355 e. The summed E-state index contributed by atoms with van der Waals surface area (Å²) in [4.78, 5) is 18.2. The summed E-state index contributed by atoms with van der Waals surface area (Å²) >= 11 is 4.72. The average Bonchev–Trinajstić information content (AvgIpc) is 3.04. The van der Waals surface area contributed by atoms with Crippen LogP contribution in [0.5, 0.6) is 0 Å². The van der Waals surface area contributed by atoms with Crippen molar-refractivity contribution >= 4 is 43.2 Å². The summed E-state index contributed by atoms with van der Waals surface area (Å²) in [5.74, 6) is -0.0301. The number of benzene rings is 1. The topological polar surface area (TPSA) is 82.6 Å². The van der Waals surface area contributed by atoms with Gasteiger partial charge >= 0.3 is 0 Å². The molecule has 1 N–H and O–H groups in total. The van der Waals surface area contributed by atoms with Crippen LogP contribution in [0.3, 0.4) is 0 Å². The molecule has 0 aliphatic carbocycles. The van der Waals surface area contributed by atoms with E-state index in [1.54, 1.807) is 5.38 Å². The maximum atomic E-state index is 13.0. The fourth-order valence-electron chi connectivity index (χ4n) is 3.04. The Bertz CT molecular complexity index is 915.